The molecule has 1 aromatic heterocycles. The fraction of sp³-hybridized carbons (Fsp3) is 0.423. The molecule has 5 heteroatoms. The number of likely N-dealkylation sites (tertiary alicyclic amines) is 1. The molecule has 5 rings (SSSR count). The number of rotatable bonds is 4. The minimum Gasteiger partial charge on any atom is -0.481 e. The van der Waals surface area contributed by atoms with Gasteiger partial charge in [0.15, 0.2) is 0 Å². The average Bonchev–Trinajstić information content (AvgIpc) is 3.06. The van der Waals surface area contributed by atoms with Crippen molar-refractivity contribution in [2.75, 3.05) is 6.54 Å². The van der Waals surface area contributed by atoms with Gasteiger partial charge in [0.2, 0.25) is 0 Å². The van der Waals surface area contributed by atoms with Crippen molar-refractivity contribution in [2.24, 2.45) is 12.5 Å². The van der Waals surface area contributed by atoms with Crippen LogP contribution in [0, 0.1) is 5.41 Å². The number of nitrogens with zero attached hydrogens (tertiary/aromatic N) is 2. The fourth-order valence-electron chi connectivity index (χ4n) is 6.35. The smallest absolute Gasteiger partial charge is 0.312 e. The summed E-state index contributed by atoms with van der Waals surface area (Å²) in [6.07, 6.45) is 3.97. The highest BCUT2D eigenvalue weighted by molar-refractivity contribution is 5.90. The zero-order valence-electron chi connectivity index (χ0n) is 18.3. The number of benzene rings is 2. The Hall–Kier alpha value is -2.30. The monoisotopic (exact) mass is 438 g/mol. The first-order chi connectivity index (χ1) is 14.6. The number of aromatic nitrogens is 1. The zero-order valence-corrected chi connectivity index (χ0v) is 19.1. The predicted octanol–water partition coefficient (Wildman–Crippen LogP) is 5.91. The molecular formula is C26H31ClN2O2. The van der Waals surface area contributed by atoms with Crippen LogP contribution >= 0.6 is 12.4 Å². The van der Waals surface area contributed by atoms with Crippen LogP contribution in [0.25, 0.3) is 10.9 Å². The quantitative estimate of drug-likeness (QED) is 0.551. The summed E-state index contributed by atoms with van der Waals surface area (Å²) >= 11 is 0. The van der Waals surface area contributed by atoms with E-state index in [2.05, 4.69) is 71.0 Å². The van der Waals surface area contributed by atoms with Crippen molar-refractivity contribution in [3.8, 4) is 0 Å². The van der Waals surface area contributed by atoms with E-state index in [1.165, 1.54) is 16.5 Å². The molecule has 0 bridgehead atoms. The van der Waals surface area contributed by atoms with Crippen LogP contribution < -0.4 is 0 Å². The Balaban J connectivity index is 0.00000231. The fourth-order valence-corrected chi connectivity index (χ4v) is 6.35. The number of carboxylic acid groups (broad SMARTS) is 1. The Morgan fingerprint density at radius 1 is 1.13 bits per heavy atom. The second-order valence-corrected chi connectivity index (χ2v) is 9.15. The third kappa shape index (κ3) is 3.37. The van der Waals surface area contributed by atoms with Gasteiger partial charge in [-0.25, -0.2) is 0 Å². The van der Waals surface area contributed by atoms with Crippen LogP contribution in [0.3, 0.4) is 0 Å². The van der Waals surface area contributed by atoms with Gasteiger partial charge in [-0.05, 0) is 54.8 Å². The molecule has 164 valence electrons. The topological polar surface area (TPSA) is 45.5 Å². The van der Waals surface area contributed by atoms with Crippen molar-refractivity contribution in [1.82, 2.24) is 9.47 Å². The lowest BCUT2D eigenvalue weighted by Gasteiger charge is -2.54. The summed E-state index contributed by atoms with van der Waals surface area (Å²) in [6, 6.07) is 19.4. The van der Waals surface area contributed by atoms with Crippen molar-refractivity contribution in [3.63, 3.8) is 0 Å². The van der Waals surface area contributed by atoms with E-state index < -0.39 is 11.9 Å². The van der Waals surface area contributed by atoms with Crippen LogP contribution in [0.5, 0.6) is 0 Å². The molecule has 3 unspecified atom stereocenters. The summed E-state index contributed by atoms with van der Waals surface area (Å²) in [6.45, 7) is 4.23. The summed E-state index contributed by atoms with van der Waals surface area (Å²) in [4.78, 5) is 15.1. The molecule has 0 amide bonds. The second kappa shape index (κ2) is 8.33. The molecule has 1 aliphatic carbocycles. The minimum absolute atomic E-state index is 0. The Labute approximate surface area is 190 Å². The number of hydrogen-bond donors (Lipinski definition) is 1. The van der Waals surface area contributed by atoms with Crippen molar-refractivity contribution < 1.29 is 9.90 Å². The van der Waals surface area contributed by atoms with E-state index in [1.807, 2.05) is 7.05 Å². The molecule has 3 atom stereocenters. The summed E-state index contributed by atoms with van der Waals surface area (Å²) in [5.74, 6) is -1.13. The SMILES string of the molecule is CCC12CCCN(Cc3ccccc3)C1c1c(n(C)c3ccccc13)C(C(=O)O)C2.Cl. The largest absolute Gasteiger partial charge is 0.481 e. The molecule has 1 fully saturated rings. The third-order valence-electron chi connectivity index (χ3n) is 7.70. The molecule has 1 saturated heterocycles. The van der Waals surface area contributed by atoms with Crippen LogP contribution in [-0.2, 0) is 18.4 Å². The maximum absolute atomic E-state index is 12.4. The standard InChI is InChI=1S/C26H30N2O2.ClH/c1-3-26-14-9-15-28(17-18-10-5-4-6-11-18)24(26)22-19-12-7-8-13-21(19)27(2)23(22)20(16-26)25(29)30;/h4-8,10-13,20,24H,3,9,14-17H2,1-2H3,(H,29,30);1H. The van der Waals surface area contributed by atoms with Gasteiger partial charge in [-0.2, -0.15) is 0 Å². The van der Waals surface area contributed by atoms with E-state index in [9.17, 15) is 9.90 Å². The van der Waals surface area contributed by atoms with Crippen molar-refractivity contribution in [1.29, 1.82) is 0 Å². The molecule has 31 heavy (non-hydrogen) atoms. The van der Waals surface area contributed by atoms with E-state index in [1.54, 1.807) is 0 Å². The van der Waals surface area contributed by atoms with E-state index in [-0.39, 0.29) is 23.9 Å². The number of fused-ring (bicyclic) bond motifs is 5. The van der Waals surface area contributed by atoms with E-state index in [0.717, 1.165) is 50.0 Å². The number of carbonyl (C=O) groups is 1. The van der Waals surface area contributed by atoms with Gasteiger partial charge in [0.25, 0.3) is 0 Å². The number of carboxylic acids is 1. The highest BCUT2D eigenvalue weighted by Crippen LogP contribution is 2.60. The highest BCUT2D eigenvalue weighted by Gasteiger charge is 2.53. The first kappa shape index (κ1) is 21.9. The predicted molar refractivity (Wildman–Crippen MR) is 127 cm³/mol. The lowest BCUT2D eigenvalue weighted by atomic mass is 9.59. The summed E-state index contributed by atoms with van der Waals surface area (Å²) < 4.78 is 2.15. The van der Waals surface area contributed by atoms with Gasteiger partial charge in [-0.15, -0.1) is 12.4 Å². The lowest BCUT2D eigenvalue weighted by molar-refractivity contribution is -0.141. The number of para-hydroxylation sites is 1. The lowest BCUT2D eigenvalue weighted by Crippen LogP contribution is -2.49. The maximum atomic E-state index is 12.4. The molecule has 0 radical (unpaired) electrons. The first-order valence-corrected chi connectivity index (χ1v) is 11.1. The number of hydrogen-bond acceptors (Lipinski definition) is 2. The zero-order chi connectivity index (χ0) is 20.9. The molecule has 0 spiro atoms. The third-order valence-corrected chi connectivity index (χ3v) is 7.70. The van der Waals surface area contributed by atoms with Gasteiger partial charge in [-0.3, -0.25) is 9.69 Å². The Bertz CT molecular complexity index is 1090. The Morgan fingerprint density at radius 3 is 2.55 bits per heavy atom. The molecule has 2 heterocycles. The second-order valence-electron chi connectivity index (χ2n) is 9.15. The molecule has 4 nitrogen and oxygen atoms in total. The molecule has 1 aliphatic heterocycles. The number of piperidine rings is 1. The van der Waals surface area contributed by atoms with E-state index in [4.69, 9.17) is 0 Å². The molecule has 0 saturated carbocycles. The normalized spacial score (nSPS) is 25.5. The molecule has 3 aromatic rings. The van der Waals surface area contributed by atoms with Gasteiger partial charge in [0.05, 0.1) is 5.92 Å². The highest BCUT2D eigenvalue weighted by atomic mass is 35.5. The summed E-state index contributed by atoms with van der Waals surface area (Å²) in [7, 11) is 2.04. The van der Waals surface area contributed by atoms with Gasteiger partial charge in [0.1, 0.15) is 0 Å². The summed E-state index contributed by atoms with van der Waals surface area (Å²) in [5.41, 5.74) is 4.76. The Morgan fingerprint density at radius 2 is 1.84 bits per heavy atom. The van der Waals surface area contributed by atoms with Gasteiger partial charge < -0.3 is 9.67 Å². The molecule has 2 aliphatic rings. The molecular weight excluding hydrogens is 408 g/mol. The van der Waals surface area contributed by atoms with E-state index in [0.29, 0.717) is 0 Å². The number of aliphatic carboxylic acids is 1. The van der Waals surface area contributed by atoms with Gasteiger partial charge in [-0.1, -0.05) is 55.5 Å². The van der Waals surface area contributed by atoms with Crippen LogP contribution in [-0.4, -0.2) is 27.1 Å². The van der Waals surface area contributed by atoms with Crippen LogP contribution in [0.2, 0.25) is 0 Å². The Kier molecular flexibility index (Phi) is 5.89. The summed E-state index contributed by atoms with van der Waals surface area (Å²) in [5, 5.41) is 11.4. The average molecular weight is 439 g/mol. The maximum Gasteiger partial charge on any atom is 0.312 e. The molecule has 1 N–H and O–H groups in total. The number of aryl methyl sites for hydroxylation is 1. The van der Waals surface area contributed by atoms with Gasteiger partial charge >= 0.3 is 5.97 Å². The van der Waals surface area contributed by atoms with Crippen LogP contribution in [0.1, 0.15) is 61.4 Å². The van der Waals surface area contributed by atoms with Gasteiger partial charge in [0, 0.05) is 36.2 Å². The van der Waals surface area contributed by atoms with Crippen molar-refractivity contribution in [2.45, 2.75) is 51.1 Å². The van der Waals surface area contributed by atoms with Crippen LogP contribution in [0.4, 0.5) is 0 Å². The van der Waals surface area contributed by atoms with Crippen molar-refractivity contribution >= 4 is 29.3 Å². The van der Waals surface area contributed by atoms with E-state index >= 15 is 0 Å². The first-order valence-electron chi connectivity index (χ1n) is 11.1. The minimum atomic E-state index is -0.686. The molecule has 2 aromatic carbocycles. The van der Waals surface area contributed by atoms with Crippen LogP contribution in [0.15, 0.2) is 54.6 Å². The van der Waals surface area contributed by atoms with Crippen molar-refractivity contribution in [3.05, 3.63) is 71.4 Å². The number of halogens is 1.